The molecule has 1 aliphatic rings. The van der Waals surface area contributed by atoms with Crippen LogP contribution >= 0.6 is 24.0 Å². The molecule has 0 spiro atoms. The van der Waals surface area contributed by atoms with Gasteiger partial charge in [-0.1, -0.05) is 0 Å². The van der Waals surface area contributed by atoms with Gasteiger partial charge in [-0.2, -0.15) is 11.8 Å². The van der Waals surface area contributed by atoms with Crippen molar-refractivity contribution in [2.75, 3.05) is 6.26 Å². The van der Waals surface area contributed by atoms with E-state index in [0.29, 0.717) is 10.8 Å². The molecule has 1 N–H and O–H groups in total. The SMILES string of the molecule is CSC1CCC(n2c(=S)[nH]c3cc(F)ccc32)C1. The number of nitrogens with one attached hydrogen (secondary N) is 1. The van der Waals surface area contributed by atoms with Crippen LogP contribution in [0, 0.1) is 10.6 Å². The number of thioether (sulfide) groups is 1. The van der Waals surface area contributed by atoms with Gasteiger partial charge < -0.3 is 9.55 Å². The number of nitrogens with zero attached hydrogens (tertiary/aromatic N) is 1. The Hall–Kier alpha value is -0.810. The molecule has 1 aromatic heterocycles. The van der Waals surface area contributed by atoms with Crippen LogP contribution in [0.2, 0.25) is 0 Å². The lowest BCUT2D eigenvalue weighted by Crippen LogP contribution is -2.06. The molecule has 96 valence electrons. The lowest BCUT2D eigenvalue weighted by atomic mass is 10.2. The van der Waals surface area contributed by atoms with E-state index in [1.807, 2.05) is 17.8 Å². The van der Waals surface area contributed by atoms with E-state index < -0.39 is 0 Å². The fraction of sp³-hybridized carbons (Fsp3) is 0.462. The highest BCUT2D eigenvalue weighted by Crippen LogP contribution is 2.37. The standard InChI is InChI=1S/C13H15FN2S2/c1-18-10-4-3-9(7-10)16-12-5-2-8(14)6-11(12)15-13(16)17/h2,5-6,9-10H,3-4,7H2,1H3,(H,15,17). The molecule has 0 saturated heterocycles. The van der Waals surface area contributed by atoms with Crippen molar-refractivity contribution < 1.29 is 4.39 Å². The molecule has 2 unspecified atom stereocenters. The Morgan fingerprint density at radius 2 is 2.28 bits per heavy atom. The van der Waals surface area contributed by atoms with Crippen LogP contribution in [-0.2, 0) is 0 Å². The van der Waals surface area contributed by atoms with Crippen molar-refractivity contribution in [3.63, 3.8) is 0 Å². The summed E-state index contributed by atoms with van der Waals surface area (Å²) in [6.45, 7) is 0. The van der Waals surface area contributed by atoms with E-state index in [2.05, 4.69) is 15.8 Å². The monoisotopic (exact) mass is 282 g/mol. The van der Waals surface area contributed by atoms with E-state index in [9.17, 15) is 4.39 Å². The molecule has 5 heteroatoms. The van der Waals surface area contributed by atoms with Crippen molar-refractivity contribution in [1.29, 1.82) is 0 Å². The number of hydrogen-bond acceptors (Lipinski definition) is 2. The molecule has 1 heterocycles. The Morgan fingerprint density at radius 3 is 3.00 bits per heavy atom. The number of fused-ring (bicyclic) bond motifs is 1. The molecule has 0 bridgehead atoms. The van der Waals surface area contributed by atoms with Crippen molar-refractivity contribution in [3.05, 3.63) is 28.8 Å². The van der Waals surface area contributed by atoms with Crippen LogP contribution in [0.25, 0.3) is 11.0 Å². The summed E-state index contributed by atoms with van der Waals surface area (Å²) in [5.41, 5.74) is 1.82. The summed E-state index contributed by atoms with van der Waals surface area (Å²) in [6.07, 6.45) is 5.71. The number of hydrogen-bond donors (Lipinski definition) is 1. The first kappa shape index (κ1) is 12.2. The van der Waals surface area contributed by atoms with Gasteiger partial charge in [-0.05, 0) is 55.9 Å². The zero-order valence-corrected chi connectivity index (χ0v) is 11.8. The summed E-state index contributed by atoms with van der Waals surface area (Å²) < 4.78 is 16.1. The zero-order chi connectivity index (χ0) is 12.7. The Morgan fingerprint density at radius 1 is 1.44 bits per heavy atom. The minimum atomic E-state index is -0.223. The van der Waals surface area contributed by atoms with Gasteiger partial charge in [0.1, 0.15) is 5.82 Å². The smallest absolute Gasteiger partial charge is 0.178 e. The number of H-pyrrole nitrogens is 1. The first-order valence-corrected chi connectivity index (χ1v) is 7.81. The number of rotatable bonds is 2. The number of aromatic amines is 1. The van der Waals surface area contributed by atoms with Crippen LogP contribution in [0.15, 0.2) is 18.2 Å². The number of halogens is 1. The summed E-state index contributed by atoms with van der Waals surface area (Å²) in [5.74, 6) is -0.223. The highest BCUT2D eigenvalue weighted by molar-refractivity contribution is 7.99. The van der Waals surface area contributed by atoms with Gasteiger partial charge >= 0.3 is 0 Å². The predicted octanol–water partition coefficient (Wildman–Crippen LogP) is 4.29. The van der Waals surface area contributed by atoms with Gasteiger partial charge in [0.05, 0.1) is 11.0 Å². The fourth-order valence-electron chi connectivity index (χ4n) is 2.83. The van der Waals surface area contributed by atoms with E-state index in [4.69, 9.17) is 12.2 Å². The minimum absolute atomic E-state index is 0.223. The van der Waals surface area contributed by atoms with Gasteiger partial charge in [0.15, 0.2) is 4.77 Å². The summed E-state index contributed by atoms with van der Waals surface area (Å²) in [7, 11) is 0. The topological polar surface area (TPSA) is 20.7 Å². The van der Waals surface area contributed by atoms with Gasteiger partial charge in [-0.25, -0.2) is 4.39 Å². The maximum Gasteiger partial charge on any atom is 0.178 e. The van der Waals surface area contributed by atoms with E-state index in [1.165, 1.54) is 18.6 Å². The largest absolute Gasteiger partial charge is 0.330 e. The van der Waals surface area contributed by atoms with E-state index in [-0.39, 0.29) is 5.82 Å². The summed E-state index contributed by atoms with van der Waals surface area (Å²) in [6, 6.07) is 5.29. The highest BCUT2D eigenvalue weighted by Gasteiger charge is 2.26. The zero-order valence-electron chi connectivity index (χ0n) is 10.1. The van der Waals surface area contributed by atoms with Gasteiger partial charge in [-0.15, -0.1) is 0 Å². The highest BCUT2D eigenvalue weighted by atomic mass is 32.2. The minimum Gasteiger partial charge on any atom is -0.330 e. The molecule has 0 amide bonds. The molecule has 1 saturated carbocycles. The van der Waals surface area contributed by atoms with Gasteiger partial charge in [0.2, 0.25) is 0 Å². The quantitative estimate of drug-likeness (QED) is 0.829. The molecular weight excluding hydrogens is 267 g/mol. The molecule has 1 aromatic carbocycles. The lowest BCUT2D eigenvalue weighted by molar-refractivity contribution is 0.527. The Bertz CT molecular complexity index is 631. The van der Waals surface area contributed by atoms with Gasteiger partial charge in [0.25, 0.3) is 0 Å². The lowest BCUT2D eigenvalue weighted by Gasteiger charge is -2.13. The average Bonchev–Trinajstić information content (AvgIpc) is 2.91. The van der Waals surface area contributed by atoms with E-state index in [0.717, 1.165) is 29.1 Å². The van der Waals surface area contributed by atoms with Crippen LogP contribution in [-0.4, -0.2) is 21.1 Å². The first-order valence-electron chi connectivity index (χ1n) is 6.11. The van der Waals surface area contributed by atoms with Crippen molar-refractivity contribution >= 4 is 35.0 Å². The van der Waals surface area contributed by atoms with Gasteiger partial charge in [-0.3, -0.25) is 0 Å². The molecule has 18 heavy (non-hydrogen) atoms. The summed E-state index contributed by atoms with van der Waals surface area (Å²) in [5, 5.41) is 0.724. The van der Waals surface area contributed by atoms with Crippen molar-refractivity contribution in [1.82, 2.24) is 9.55 Å². The average molecular weight is 282 g/mol. The third kappa shape index (κ3) is 1.99. The van der Waals surface area contributed by atoms with Crippen molar-refractivity contribution in [2.45, 2.75) is 30.6 Å². The molecule has 0 radical (unpaired) electrons. The first-order chi connectivity index (χ1) is 8.69. The number of benzene rings is 1. The molecule has 1 aliphatic carbocycles. The van der Waals surface area contributed by atoms with Crippen LogP contribution in [0.1, 0.15) is 25.3 Å². The van der Waals surface area contributed by atoms with Crippen molar-refractivity contribution in [3.8, 4) is 0 Å². The maximum absolute atomic E-state index is 13.2. The van der Waals surface area contributed by atoms with Crippen LogP contribution < -0.4 is 0 Å². The molecular formula is C13H15FN2S2. The molecule has 0 aliphatic heterocycles. The second-order valence-electron chi connectivity index (χ2n) is 4.79. The van der Waals surface area contributed by atoms with Gasteiger partial charge in [0, 0.05) is 11.3 Å². The molecule has 2 atom stereocenters. The fourth-order valence-corrected chi connectivity index (χ4v) is 3.98. The third-order valence-electron chi connectivity index (χ3n) is 3.73. The summed E-state index contributed by atoms with van der Waals surface area (Å²) in [4.78, 5) is 3.11. The number of imidazole rings is 1. The Kier molecular flexibility index (Phi) is 3.20. The maximum atomic E-state index is 13.2. The predicted molar refractivity (Wildman–Crippen MR) is 77.3 cm³/mol. The molecule has 2 aromatic rings. The molecule has 2 nitrogen and oxygen atoms in total. The summed E-state index contributed by atoms with van der Waals surface area (Å²) >= 11 is 7.32. The normalized spacial score (nSPS) is 23.9. The second kappa shape index (κ2) is 4.70. The van der Waals surface area contributed by atoms with E-state index in [1.54, 1.807) is 0 Å². The number of aromatic nitrogens is 2. The third-order valence-corrected chi connectivity index (χ3v) is 5.13. The van der Waals surface area contributed by atoms with Crippen LogP contribution in [0.3, 0.4) is 0 Å². The molecule has 1 fully saturated rings. The van der Waals surface area contributed by atoms with Crippen LogP contribution in [0.5, 0.6) is 0 Å². The molecule has 3 rings (SSSR count). The Labute approximate surface area is 115 Å². The second-order valence-corrected chi connectivity index (χ2v) is 6.31. The van der Waals surface area contributed by atoms with Crippen LogP contribution in [0.4, 0.5) is 4.39 Å². The Balaban J connectivity index is 2.07. The van der Waals surface area contributed by atoms with E-state index >= 15 is 0 Å². The van der Waals surface area contributed by atoms with Crippen molar-refractivity contribution in [2.24, 2.45) is 0 Å².